The molecule has 0 spiro atoms. The molecule has 1 saturated carbocycles. The number of piperidine rings is 2. The minimum Gasteiger partial charge on any atom is -0.507 e. The minimum atomic E-state index is -2.84. The zero-order valence-electron chi connectivity index (χ0n) is 30.7. The van der Waals surface area contributed by atoms with E-state index in [1.807, 2.05) is 23.1 Å². The molecule has 3 unspecified atom stereocenters. The molecule has 6 atom stereocenters. The molecule has 8 aliphatic rings. The second kappa shape index (κ2) is 13.2. The van der Waals surface area contributed by atoms with E-state index in [1.165, 1.54) is 0 Å². The van der Waals surface area contributed by atoms with Crippen LogP contribution in [0.15, 0.2) is 48.5 Å². The fourth-order valence-corrected chi connectivity index (χ4v) is 10.3. The molecule has 6 fully saturated rings. The van der Waals surface area contributed by atoms with Crippen molar-refractivity contribution in [1.29, 1.82) is 0 Å². The molecule has 0 radical (unpaired) electrons. The van der Waals surface area contributed by atoms with Crippen molar-refractivity contribution < 1.29 is 33.1 Å². The summed E-state index contributed by atoms with van der Waals surface area (Å²) in [7, 11) is 0. The Hall–Kier alpha value is -5.22. The number of fused-ring (bicyclic) bond motifs is 5. The third-order valence-corrected chi connectivity index (χ3v) is 13.4. The monoisotopic (exact) mass is 767 g/mol. The average Bonchev–Trinajstić information content (AvgIpc) is 3.83. The number of rotatable bonds is 7. The maximum Gasteiger partial charge on any atom is 0.262 e. The molecule has 2 aromatic carbocycles. The lowest BCUT2D eigenvalue weighted by atomic mass is 9.73. The number of aromatic nitrogens is 2. The van der Waals surface area contributed by atoms with E-state index >= 15 is 8.78 Å². The average molecular weight is 768 g/mol. The summed E-state index contributed by atoms with van der Waals surface area (Å²) < 4.78 is 31.2. The number of phenols is 1. The van der Waals surface area contributed by atoms with Gasteiger partial charge in [0, 0.05) is 89.0 Å². The second-order valence-electron chi connectivity index (χ2n) is 16.5. The Morgan fingerprint density at radius 1 is 0.893 bits per heavy atom. The molecule has 3 N–H and O–H groups in total. The first-order chi connectivity index (χ1) is 27.0. The fraction of sp³-hybridized carbons (Fsp3) is 0.500. The van der Waals surface area contributed by atoms with Gasteiger partial charge in [-0.15, -0.1) is 10.2 Å². The van der Waals surface area contributed by atoms with E-state index in [2.05, 4.69) is 35.5 Å². The highest BCUT2D eigenvalue weighted by atomic mass is 19.3. The van der Waals surface area contributed by atoms with Crippen molar-refractivity contribution in [2.75, 3.05) is 74.0 Å². The Balaban J connectivity index is 0.775. The molecule has 7 aliphatic heterocycles. The first-order valence-electron chi connectivity index (χ1n) is 19.6. The van der Waals surface area contributed by atoms with E-state index in [0.717, 1.165) is 62.1 Å². The van der Waals surface area contributed by atoms with Crippen LogP contribution in [0.3, 0.4) is 0 Å². The van der Waals surface area contributed by atoms with Gasteiger partial charge < -0.3 is 20.2 Å². The van der Waals surface area contributed by atoms with Crippen LogP contribution in [-0.4, -0.2) is 137 Å². The molecule has 5 saturated heterocycles. The van der Waals surface area contributed by atoms with Crippen molar-refractivity contribution in [1.82, 2.24) is 30.2 Å². The maximum absolute atomic E-state index is 15.6. The molecule has 3 aromatic rings. The number of alkyl halides is 2. The number of nitrogens with one attached hydrogen (secondary N) is 2. The van der Waals surface area contributed by atoms with E-state index in [-0.39, 0.29) is 61.3 Å². The highest BCUT2D eigenvalue weighted by Crippen LogP contribution is 2.49. The van der Waals surface area contributed by atoms with Gasteiger partial charge in [0.2, 0.25) is 11.8 Å². The normalized spacial score (nSPS) is 29.7. The second-order valence-corrected chi connectivity index (χ2v) is 16.5. The first-order valence-corrected chi connectivity index (χ1v) is 19.6. The summed E-state index contributed by atoms with van der Waals surface area (Å²) in [6.45, 7) is 5.64. The lowest BCUT2D eigenvalue weighted by Gasteiger charge is -2.48. The molecular formula is C40H43F2N9O5. The van der Waals surface area contributed by atoms with Crippen LogP contribution in [0.1, 0.15) is 46.4 Å². The van der Waals surface area contributed by atoms with Crippen LogP contribution in [0.2, 0.25) is 0 Å². The molecule has 16 heteroatoms. The summed E-state index contributed by atoms with van der Waals surface area (Å²) in [6, 6.07) is 13.4. The van der Waals surface area contributed by atoms with E-state index in [1.54, 1.807) is 30.3 Å². The molecule has 56 heavy (non-hydrogen) atoms. The largest absolute Gasteiger partial charge is 0.507 e. The smallest absolute Gasteiger partial charge is 0.262 e. The van der Waals surface area contributed by atoms with Gasteiger partial charge in [-0.1, -0.05) is 12.1 Å². The number of anilines is 3. The molecule has 4 amide bonds. The lowest BCUT2D eigenvalue weighted by Crippen LogP contribution is -2.60. The third-order valence-electron chi connectivity index (χ3n) is 13.4. The number of halogens is 2. The SMILES string of the molecule is O=C1CCC(N2C(=O)c3ccc(N4CCC(F)(F)C(CN5C[C@@H]6CC5[C@H]6CN5CCN6c7cc(-c8ccccc8O)nnc7NC[C@H]6C5)C4)cc3C2=O)C(=O)N1. The maximum atomic E-state index is 15.6. The summed E-state index contributed by atoms with van der Waals surface area (Å²) in [5.74, 6) is -4.22. The van der Waals surface area contributed by atoms with Crippen LogP contribution in [0, 0.1) is 17.8 Å². The number of benzene rings is 2. The zero-order valence-corrected chi connectivity index (χ0v) is 30.7. The summed E-state index contributed by atoms with van der Waals surface area (Å²) in [6.07, 6.45) is 0.818. The van der Waals surface area contributed by atoms with Gasteiger partial charge in [0.1, 0.15) is 11.8 Å². The number of nitrogens with zero attached hydrogens (tertiary/aromatic N) is 7. The van der Waals surface area contributed by atoms with Crippen LogP contribution >= 0.6 is 0 Å². The van der Waals surface area contributed by atoms with Crippen LogP contribution in [0.5, 0.6) is 5.75 Å². The van der Waals surface area contributed by atoms with Gasteiger partial charge in [0.25, 0.3) is 17.7 Å². The molecule has 292 valence electrons. The number of carbonyl (C=O) groups excluding carboxylic acids is 4. The summed E-state index contributed by atoms with van der Waals surface area (Å²) in [5.41, 5.74) is 3.17. The van der Waals surface area contributed by atoms with Gasteiger partial charge in [-0.3, -0.25) is 39.2 Å². The number of carbonyl (C=O) groups is 4. The Bertz CT molecular complexity index is 2150. The molecule has 1 aromatic heterocycles. The number of piperazine rings is 1. The highest BCUT2D eigenvalue weighted by Gasteiger charge is 2.55. The van der Waals surface area contributed by atoms with E-state index in [9.17, 15) is 24.3 Å². The minimum absolute atomic E-state index is 0.0309. The summed E-state index contributed by atoms with van der Waals surface area (Å²) in [5, 5.41) is 24.9. The predicted molar refractivity (Wildman–Crippen MR) is 201 cm³/mol. The van der Waals surface area contributed by atoms with Crippen molar-refractivity contribution in [2.24, 2.45) is 17.8 Å². The number of phenolic OH excluding ortho intramolecular Hbond substituents is 1. The number of amides is 4. The Morgan fingerprint density at radius 2 is 1.73 bits per heavy atom. The Morgan fingerprint density at radius 3 is 2.57 bits per heavy atom. The number of imide groups is 2. The van der Waals surface area contributed by atoms with Gasteiger partial charge >= 0.3 is 0 Å². The molecule has 14 nitrogen and oxygen atoms in total. The third kappa shape index (κ3) is 5.78. The van der Waals surface area contributed by atoms with E-state index < -0.39 is 41.5 Å². The van der Waals surface area contributed by atoms with E-state index in [0.29, 0.717) is 35.3 Å². The van der Waals surface area contributed by atoms with Crippen molar-refractivity contribution in [3.05, 3.63) is 59.7 Å². The fourth-order valence-electron chi connectivity index (χ4n) is 10.3. The Labute approximate surface area is 321 Å². The molecular weight excluding hydrogens is 724 g/mol. The lowest BCUT2D eigenvalue weighted by molar-refractivity contribution is -0.136. The van der Waals surface area contributed by atoms with Gasteiger partial charge in [-0.25, -0.2) is 8.78 Å². The number of hydrogen-bond donors (Lipinski definition) is 3. The number of hydrogen-bond acceptors (Lipinski definition) is 12. The first kappa shape index (κ1) is 35.2. The van der Waals surface area contributed by atoms with Crippen molar-refractivity contribution in [2.45, 2.75) is 49.7 Å². The molecule has 8 heterocycles. The Kier molecular flexibility index (Phi) is 8.29. The standard InChI is InChI=1S/C40H43F2N9O5/c41-40(42)9-10-48(24-5-6-26-28(14-24)39(56)51(38(26)55)31-7-8-35(53)44-37(31)54)18-23(40)19-49-17-22-13-32(49)29(22)21-47-11-12-50-25(20-47)16-43-36-33(50)15-30(45-46-36)27-3-1-2-4-34(27)52/h1-6,14-15,22-23,25,29,31-32,52H,7-13,16-21H2,(H,43,46)(H,44,53,54)/t22-,23?,25-,29-,31?,32?/m0/s1. The molecule has 11 rings (SSSR count). The van der Waals surface area contributed by atoms with Crippen LogP contribution in [0.25, 0.3) is 11.3 Å². The molecule has 1 aliphatic carbocycles. The topological polar surface area (TPSA) is 155 Å². The van der Waals surface area contributed by atoms with Crippen molar-refractivity contribution in [3.8, 4) is 17.0 Å². The zero-order chi connectivity index (χ0) is 38.5. The summed E-state index contributed by atoms with van der Waals surface area (Å²) >= 11 is 0. The predicted octanol–water partition coefficient (Wildman–Crippen LogP) is 2.65. The van der Waals surface area contributed by atoms with E-state index in [4.69, 9.17) is 0 Å². The van der Waals surface area contributed by atoms with Gasteiger partial charge in [-0.05, 0) is 61.1 Å². The number of aromatic hydroxyl groups is 1. The number of para-hydroxylation sites is 1. The van der Waals surface area contributed by atoms with Crippen LogP contribution in [0.4, 0.5) is 26.0 Å². The van der Waals surface area contributed by atoms with Crippen molar-refractivity contribution in [3.63, 3.8) is 0 Å². The van der Waals surface area contributed by atoms with Gasteiger partial charge in [0.15, 0.2) is 5.82 Å². The summed E-state index contributed by atoms with van der Waals surface area (Å²) in [4.78, 5) is 60.8. The van der Waals surface area contributed by atoms with Crippen LogP contribution < -0.4 is 20.4 Å². The van der Waals surface area contributed by atoms with Crippen molar-refractivity contribution >= 4 is 40.8 Å². The van der Waals surface area contributed by atoms with Gasteiger partial charge in [-0.2, -0.15) is 0 Å². The quantitative estimate of drug-likeness (QED) is 0.303. The highest BCUT2D eigenvalue weighted by molar-refractivity contribution is 6.23. The van der Waals surface area contributed by atoms with Crippen LogP contribution in [-0.2, 0) is 9.59 Å². The van der Waals surface area contributed by atoms with Gasteiger partial charge in [0.05, 0.1) is 34.5 Å². The molecule has 2 bridgehead atoms.